The van der Waals surface area contributed by atoms with Crippen molar-refractivity contribution < 1.29 is 9.53 Å². The van der Waals surface area contributed by atoms with Gasteiger partial charge in [-0.25, -0.2) is 4.79 Å². The molecule has 0 aliphatic heterocycles. The summed E-state index contributed by atoms with van der Waals surface area (Å²) in [7, 11) is 2.01. The summed E-state index contributed by atoms with van der Waals surface area (Å²) in [6, 6.07) is 15.2. The molecule has 0 saturated heterocycles. The third-order valence-electron chi connectivity index (χ3n) is 3.15. The van der Waals surface area contributed by atoms with Gasteiger partial charge in [0.15, 0.2) is 0 Å². The van der Waals surface area contributed by atoms with Crippen LogP contribution in [0.3, 0.4) is 0 Å². The SMILES string of the molecule is CCOC(=O)c1ccc(N(C)Cc2ccc(Cl)cc2)cc1. The third-order valence-corrected chi connectivity index (χ3v) is 3.40. The summed E-state index contributed by atoms with van der Waals surface area (Å²) in [5, 5.41) is 0.736. The molecular weight excluding hydrogens is 286 g/mol. The predicted octanol–water partition coefficient (Wildman–Crippen LogP) is 4.15. The van der Waals surface area contributed by atoms with Crippen molar-refractivity contribution in [2.45, 2.75) is 13.5 Å². The Balaban J connectivity index is 2.04. The zero-order chi connectivity index (χ0) is 15.2. The van der Waals surface area contributed by atoms with Crippen molar-refractivity contribution >= 4 is 23.3 Å². The molecule has 0 aliphatic rings. The van der Waals surface area contributed by atoms with E-state index in [1.807, 2.05) is 43.4 Å². The Labute approximate surface area is 130 Å². The number of benzene rings is 2. The number of ether oxygens (including phenoxy) is 1. The maximum atomic E-state index is 11.6. The van der Waals surface area contributed by atoms with Gasteiger partial charge < -0.3 is 9.64 Å². The first kappa shape index (κ1) is 15.4. The lowest BCUT2D eigenvalue weighted by Crippen LogP contribution is -2.16. The van der Waals surface area contributed by atoms with Gasteiger partial charge in [0.25, 0.3) is 0 Å². The minimum absolute atomic E-state index is 0.288. The van der Waals surface area contributed by atoms with Crippen LogP contribution in [0.2, 0.25) is 5.02 Å². The molecule has 0 atom stereocenters. The second-order valence-corrected chi connectivity index (χ2v) is 5.19. The van der Waals surface area contributed by atoms with Crippen LogP contribution in [-0.4, -0.2) is 19.6 Å². The number of hydrogen-bond acceptors (Lipinski definition) is 3. The Morgan fingerprint density at radius 3 is 2.29 bits per heavy atom. The van der Waals surface area contributed by atoms with Crippen LogP contribution < -0.4 is 4.90 Å². The van der Waals surface area contributed by atoms with E-state index < -0.39 is 0 Å². The first-order chi connectivity index (χ1) is 10.1. The molecule has 0 bridgehead atoms. The van der Waals surface area contributed by atoms with Crippen LogP contribution in [0, 0.1) is 0 Å². The average molecular weight is 304 g/mol. The second-order valence-electron chi connectivity index (χ2n) is 4.75. The molecule has 0 fully saturated rings. The number of carbonyl (C=O) groups excluding carboxylic acids is 1. The van der Waals surface area contributed by atoms with Crippen molar-refractivity contribution in [3.63, 3.8) is 0 Å². The maximum absolute atomic E-state index is 11.6. The number of rotatable bonds is 5. The van der Waals surface area contributed by atoms with E-state index in [0.29, 0.717) is 12.2 Å². The van der Waals surface area contributed by atoms with Gasteiger partial charge in [0.2, 0.25) is 0 Å². The van der Waals surface area contributed by atoms with E-state index in [2.05, 4.69) is 4.90 Å². The zero-order valence-corrected chi connectivity index (χ0v) is 12.9. The first-order valence-corrected chi connectivity index (χ1v) is 7.20. The quantitative estimate of drug-likeness (QED) is 0.777. The van der Waals surface area contributed by atoms with Crippen LogP contribution >= 0.6 is 11.6 Å². The summed E-state index contributed by atoms with van der Waals surface area (Å²) in [5.74, 6) is -0.288. The van der Waals surface area contributed by atoms with Crippen molar-refractivity contribution in [3.8, 4) is 0 Å². The fourth-order valence-electron chi connectivity index (χ4n) is 2.02. The molecule has 2 aromatic carbocycles. The molecular formula is C17H18ClNO2. The molecule has 0 N–H and O–H groups in total. The van der Waals surface area contributed by atoms with Crippen LogP contribution in [0.5, 0.6) is 0 Å². The van der Waals surface area contributed by atoms with Crippen LogP contribution in [-0.2, 0) is 11.3 Å². The van der Waals surface area contributed by atoms with E-state index >= 15 is 0 Å². The minimum Gasteiger partial charge on any atom is -0.462 e. The Morgan fingerprint density at radius 2 is 1.71 bits per heavy atom. The van der Waals surface area contributed by atoms with E-state index in [1.54, 1.807) is 19.1 Å². The first-order valence-electron chi connectivity index (χ1n) is 6.83. The molecule has 2 rings (SSSR count). The zero-order valence-electron chi connectivity index (χ0n) is 12.2. The van der Waals surface area contributed by atoms with Gasteiger partial charge >= 0.3 is 5.97 Å². The van der Waals surface area contributed by atoms with Crippen LogP contribution in [0.4, 0.5) is 5.69 Å². The topological polar surface area (TPSA) is 29.5 Å². The highest BCUT2D eigenvalue weighted by Crippen LogP contribution is 2.18. The minimum atomic E-state index is -0.288. The number of anilines is 1. The Kier molecular flexibility index (Phi) is 5.23. The smallest absolute Gasteiger partial charge is 0.338 e. The van der Waals surface area contributed by atoms with E-state index in [0.717, 1.165) is 17.3 Å². The van der Waals surface area contributed by atoms with Gasteiger partial charge in [0.05, 0.1) is 12.2 Å². The monoisotopic (exact) mass is 303 g/mol. The van der Waals surface area contributed by atoms with Gasteiger partial charge in [0, 0.05) is 24.3 Å². The summed E-state index contributed by atoms with van der Waals surface area (Å²) < 4.78 is 4.97. The molecule has 21 heavy (non-hydrogen) atoms. The lowest BCUT2D eigenvalue weighted by Gasteiger charge is -2.19. The summed E-state index contributed by atoms with van der Waals surface area (Å²) >= 11 is 5.88. The molecule has 110 valence electrons. The molecule has 0 saturated carbocycles. The molecule has 0 aliphatic carbocycles. The van der Waals surface area contributed by atoms with Crippen molar-refractivity contribution in [2.75, 3.05) is 18.6 Å². The van der Waals surface area contributed by atoms with E-state index in [-0.39, 0.29) is 5.97 Å². The second kappa shape index (κ2) is 7.14. The fraction of sp³-hybridized carbons (Fsp3) is 0.235. The van der Waals surface area contributed by atoms with Crippen molar-refractivity contribution in [1.29, 1.82) is 0 Å². The highest BCUT2D eigenvalue weighted by molar-refractivity contribution is 6.30. The fourth-order valence-corrected chi connectivity index (χ4v) is 2.15. The number of hydrogen-bond donors (Lipinski definition) is 0. The lowest BCUT2D eigenvalue weighted by atomic mass is 10.1. The van der Waals surface area contributed by atoms with Gasteiger partial charge in [-0.05, 0) is 48.9 Å². The van der Waals surface area contributed by atoms with Gasteiger partial charge in [-0.15, -0.1) is 0 Å². The van der Waals surface area contributed by atoms with Gasteiger partial charge in [0.1, 0.15) is 0 Å². The normalized spacial score (nSPS) is 10.2. The van der Waals surface area contributed by atoms with E-state index in [1.165, 1.54) is 5.56 Å². The number of esters is 1. The standard InChI is InChI=1S/C17H18ClNO2/c1-3-21-17(20)14-6-10-16(11-7-14)19(2)12-13-4-8-15(18)9-5-13/h4-11H,3,12H2,1-2H3. The Hall–Kier alpha value is -2.00. The molecule has 0 unspecified atom stereocenters. The van der Waals surface area contributed by atoms with E-state index in [4.69, 9.17) is 16.3 Å². The molecule has 0 spiro atoms. The van der Waals surface area contributed by atoms with Crippen molar-refractivity contribution in [1.82, 2.24) is 0 Å². The Morgan fingerprint density at radius 1 is 1.10 bits per heavy atom. The van der Waals surface area contributed by atoms with Gasteiger partial charge in [-0.3, -0.25) is 0 Å². The maximum Gasteiger partial charge on any atom is 0.338 e. The van der Waals surface area contributed by atoms with Crippen molar-refractivity contribution in [2.24, 2.45) is 0 Å². The molecule has 0 amide bonds. The molecule has 0 radical (unpaired) electrons. The summed E-state index contributed by atoms with van der Waals surface area (Å²) in [4.78, 5) is 13.7. The molecule has 2 aromatic rings. The van der Waals surface area contributed by atoms with Gasteiger partial charge in [-0.1, -0.05) is 23.7 Å². The number of halogens is 1. The highest BCUT2D eigenvalue weighted by atomic mass is 35.5. The lowest BCUT2D eigenvalue weighted by molar-refractivity contribution is 0.0526. The predicted molar refractivity (Wildman–Crippen MR) is 86.0 cm³/mol. The third kappa shape index (κ3) is 4.23. The van der Waals surface area contributed by atoms with Crippen molar-refractivity contribution in [3.05, 3.63) is 64.7 Å². The van der Waals surface area contributed by atoms with Crippen LogP contribution in [0.15, 0.2) is 48.5 Å². The Bertz CT molecular complexity index is 593. The molecule has 0 aromatic heterocycles. The number of nitrogens with zero attached hydrogens (tertiary/aromatic N) is 1. The van der Waals surface area contributed by atoms with Crippen LogP contribution in [0.1, 0.15) is 22.8 Å². The molecule has 3 nitrogen and oxygen atoms in total. The van der Waals surface area contributed by atoms with Gasteiger partial charge in [-0.2, -0.15) is 0 Å². The van der Waals surface area contributed by atoms with E-state index in [9.17, 15) is 4.79 Å². The number of carbonyl (C=O) groups is 1. The molecule has 0 heterocycles. The average Bonchev–Trinajstić information content (AvgIpc) is 2.50. The largest absolute Gasteiger partial charge is 0.462 e. The summed E-state index contributed by atoms with van der Waals surface area (Å²) in [6.07, 6.45) is 0. The summed E-state index contributed by atoms with van der Waals surface area (Å²) in [6.45, 7) is 2.96. The molecule has 4 heteroatoms. The highest BCUT2D eigenvalue weighted by Gasteiger charge is 2.07. The summed E-state index contributed by atoms with van der Waals surface area (Å²) in [5.41, 5.74) is 2.79. The van der Waals surface area contributed by atoms with Crippen LogP contribution in [0.25, 0.3) is 0 Å².